The maximum atomic E-state index is 7.93. The zero-order valence-corrected chi connectivity index (χ0v) is 5.84. The zero-order chi connectivity index (χ0) is 7.94. The van der Waals surface area contributed by atoms with Crippen molar-refractivity contribution < 1.29 is 4.42 Å². The lowest BCUT2D eigenvalue weighted by atomic mass is 10.3. The van der Waals surface area contributed by atoms with Gasteiger partial charge in [-0.2, -0.15) is 0 Å². The molecule has 11 heavy (non-hydrogen) atoms. The molecule has 1 aromatic heterocycles. The second-order valence-electron chi connectivity index (χ2n) is 1.87. The van der Waals surface area contributed by atoms with Crippen LogP contribution >= 0.6 is 0 Å². The van der Waals surface area contributed by atoms with Gasteiger partial charge in [0.25, 0.3) is 0 Å². The van der Waals surface area contributed by atoms with Crippen molar-refractivity contribution in [2.24, 2.45) is 5.11 Å². The van der Waals surface area contributed by atoms with Crippen LogP contribution in [-0.2, 0) is 0 Å². The molecule has 1 rings (SSSR count). The highest BCUT2D eigenvalue weighted by atomic mass is 16.3. The third kappa shape index (κ3) is 2.60. The van der Waals surface area contributed by atoms with Gasteiger partial charge < -0.3 is 4.42 Å². The molecule has 0 radical (unpaired) electrons. The molecule has 4 nitrogen and oxygen atoms in total. The van der Waals surface area contributed by atoms with Gasteiger partial charge in [-0.1, -0.05) is 17.3 Å². The molecule has 4 heteroatoms. The predicted molar refractivity (Wildman–Crippen MR) is 41.8 cm³/mol. The van der Waals surface area contributed by atoms with E-state index in [0.717, 1.165) is 5.56 Å². The average molecular weight is 149 g/mol. The number of hydrogen-bond acceptors (Lipinski definition) is 2. The van der Waals surface area contributed by atoms with E-state index in [-0.39, 0.29) is 0 Å². The molecule has 0 aliphatic carbocycles. The van der Waals surface area contributed by atoms with Gasteiger partial charge in [-0.05, 0) is 11.6 Å². The number of furan rings is 1. The van der Waals surface area contributed by atoms with Gasteiger partial charge in [-0.3, -0.25) is 0 Å². The van der Waals surface area contributed by atoms with Gasteiger partial charge >= 0.3 is 0 Å². The first-order chi connectivity index (χ1) is 5.43. The number of azide groups is 1. The van der Waals surface area contributed by atoms with Crippen LogP contribution in [0.15, 0.2) is 34.2 Å². The lowest BCUT2D eigenvalue weighted by molar-refractivity contribution is 0.567. The fourth-order valence-electron chi connectivity index (χ4n) is 0.642. The van der Waals surface area contributed by atoms with Crippen LogP contribution < -0.4 is 0 Å². The van der Waals surface area contributed by atoms with Crippen LogP contribution in [0.3, 0.4) is 0 Å². The summed E-state index contributed by atoms with van der Waals surface area (Å²) in [7, 11) is 0. The first-order valence-electron chi connectivity index (χ1n) is 3.13. The van der Waals surface area contributed by atoms with Crippen LogP contribution in [-0.4, -0.2) is 6.54 Å². The van der Waals surface area contributed by atoms with Crippen molar-refractivity contribution in [3.63, 3.8) is 0 Å². The Hall–Kier alpha value is -1.67. The van der Waals surface area contributed by atoms with Crippen molar-refractivity contribution in [1.82, 2.24) is 0 Å². The van der Waals surface area contributed by atoms with Gasteiger partial charge in [0, 0.05) is 17.0 Å². The maximum Gasteiger partial charge on any atom is 0.0974 e. The molecule has 0 aliphatic heterocycles. The molecule has 1 heterocycles. The first-order valence-corrected chi connectivity index (χ1v) is 3.13. The summed E-state index contributed by atoms with van der Waals surface area (Å²) in [5.74, 6) is 0. The van der Waals surface area contributed by atoms with Crippen molar-refractivity contribution in [3.05, 3.63) is 40.7 Å². The monoisotopic (exact) mass is 149 g/mol. The molecule has 0 spiro atoms. The van der Waals surface area contributed by atoms with Crippen LogP contribution in [0.4, 0.5) is 0 Å². The standard InChI is InChI=1S/C7H7N3O/c8-10-9-4-1-2-7-3-5-11-6-7/h1-3,5-6H,4H2. The molecule has 0 aliphatic rings. The number of hydrogen-bond donors (Lipinski definition) is 0. The molecule has 0 unspecified atom stereocenters. The largest absolute Gasteiger partial charge is 0.472 e. The van der Waals surface area contributed by atoms with Crippen LogP contribution in [0.1, 0.15) is 5.56 Å². The lowest BCUT2D eigenvalue weighted by Gasteiger charge is -1.78. The molecular weight excluding hydrogens is 142 g/mol. The fraction of sp³-hybridized carbons (Fsp3) is 0.143. The molecule has 0 amide bonds. The molecule has 0 atom stereocenters. The summed E-state index contributed by atoms with van der Waals surface area (Å²) in [6.07, 6.45) is 6.81. The topological polar surface area (TPSA) is 61.9 Å². The summed E-state index contributed by atoms with van der Waals surface area (Å²) in [6.45, 7) is 0.377. The normalized spacial score (nSPS) is 9.82. The Bertz CT molecular complexity index is 270. The second kappa shape index (κ2) is 4.19. The van der Waals surface area contributed by atoms with E-state index in [2.05, 4.69) is 10.0 Å². The smallest absolute Gasteiger partial charge is 0.0974 e. The molecule has 56 valence electrons. The first kappa shape index (κ1) is 7.44. The van der Waals surface area contributed by atoms with E-state index in [4.69, 9.17) is 9.95 Å². The van der Waals surface area contributed by atoms with Crippen LogP contribution in [0.5, 0.6) is 0 Å². The molecule has 0 saturated carbocycles. The summed E-state index contributed by atoms with van der Waals surface area (Å²) in [4.78, 5) is 2.60. The second-order valence-corrected chi connectivity index (χ2v) is 1.87. The molecule has 0 fully saturated rings. The minimum atomic E-state index is 0.377. The number of nitrogens with zero attached hydrogens (tertiary/aromatic N) is 3. The van der Waals surface area contributed by atoms with Crippen molar-refractivity contribution in [3.8, 4) is 0 Å². The summed E-state index contributed by atoms with van der Waals surface area (Å²) in [5.41, 5.74) is 8.90. The maximum absolute atomic E-state index is 7.93. The molecule has 0 bridgehead atoms. The van der Waals surface area contributed by atoms with E-state index in [1.165, 1.54) is 0 Å². The minimum Gasteiger partial charge on any atom is -0.472 e. The highest BCUT2D eigenvalue weighted by molar-refractivity contribution is 5.46. The van der Waals surface area contributed by atoms with Gasteiger partial charge in [0.05, 0.1) is 12.5 Å². The fourth-order valence-corrected chi connectivity index (χ4v) is 0.642. The van der Waals surface area contributed by atoms with E-state index >= 15 is 0 Å². The molecule has 0 aromatic carbocycles. The molecule has 0 N–H and O–H groups in total. The Morgan fingerprint density at radius 2 is 2.64 bits per heavy atom. The minimum absolute atomic E-state index is 0.377. The Morgan fingerprint density at radius 1 is 1.73 bits per heavy atom. The molecule has 0 saturated heterocycles. The quantitative estimate of drug-likeness (QED) is 0.370. The number of rotatable bonds is 3. The van der Waals surface area contributed by atoms with E-state index in [0.29, 0.717) is 6.54 Å². The van der Waals surface area contributed by atoms with E-state index in [1.54, 1.807) is 18.6 Å². The van der Waals surface area contributed by atoms with Gasteiger partial charge in [0.1, 0.15) is 0 Å². The molecule has 1 aromatic rings. The van der Waals surface area contributed by atoms with Crippen molar-refractivity contribution >= 4 is 6.08 Å². The van der Waals surface area contributed by atoms with Crippen LogP contribution in [0, 0.1) is 0 Å². The SMILES string of the molecule is [N-]=[N+]=NCC=Cc1ccoc1. The Kier molecular flexibility index (Phi) is 2.84. The van der Waals surface area contributed by atoms with Crippen molar-refractivity contribution in [2.45, 2.75) is 0 Å². The van der Waals surface area contributed by atoms with Crippen molar-refractivity contribution in [2.75, 3.05) is 6.54 Å². The van der Waals surface area contributed by atoms with Crippen LogP contribution in [0.2, 0.25) is 0 Å². The third-order valence-electron chi connectivity index (χ3n) is 1.10. The highest BCUT2D eigenvalue weighted by Gasteiger charge is 1.83. The van der Waals surface area contributed by atoms with Crippen LogP contribution in [0.25, 0.3) is 16.5 Å². The summed E-state index contributed by atoms with van der Waals surface area (Å²) in [6, 6.07) is 1.83. The van der Waals surface area contributed by atoms with Gasteiger partial charge in [0.15, 0.2) is 0 Å². The van der Waals surface area contributed by atoms with Gasteiger partial charge in [0.2, 0.25) is 0 Å². The predicted octanol–water partition coefficient (Wildman–Crippen LogP) is 2.60. The summed E-state index contributed by atoms with van der Waals surface area (Å²) in [5, 5.41) is 3.33. The zero-order valence-electron chi connectivity index (χ0n) is 5.84. The van der Waals surface area contributed by atoms with Gasteiger partial charge in [-0.15, -0.1) is 0 Å². The summed E-state index contributed by atoms with van der Waals surface area (Å²) >= 11 is 0. The van der Waals surface area contributed by atoms with E-state index < -0.39 is 0 Å². The lowest BCUT2D eigenvalue weighted by Crippen LogP contribution is -1.66. The Labute approximate surface area is 63.8 Å². The molecular formula is C7H7N3O. The third-order valence-corrected chi connectivity index (χ3v) is 1.10. The Balaban J connectivity index is 2.42. The Morgan fingerprint density at radius 3 is 3.27 bits per heavy atom. The average Bonchev–Trinajstić information content (AvgIpc) is 2.50. The summed E-state index contributed by atoms with van der Waals surface area (Å²) < 4.78 is 4.82. The van der Waals surface area contributed by atoms with Gasteiger partial charge in [-0.25, -0.2) is 0 Å². The highest BCUT2D eigenvalue weighted by Crippen LogP contribution is 2.01. The van der Waals surface area contributed by atoms with E-state index in [9.17, 15) is 0 Å². The van der Waals surface area contributed by atoms with Crippen molar-refractivity contribution in [1.29, 1.82) is 0 Å². The van der Waals surface area contributed by atoms with E-state index in [1.807, 2.05) is 12.1 Å².